The van der Waals surface area contributed by atoms with E-state index in [9.17, 15) is 14.4 Å². The van der Waals surface area contributed by atoms with Gasteiger partial charge in [-0.1, -0.05) is 6.07 Å². The molecule has 0 aliphatic rings. The highest BCUT2D eigenvalue weighted by molar-refractivity contribution is 5.98. The summed E-state index contributed by atoms with van der Waals surface area (Å²) in [5.74, 6) is -0.824. The molecule has 7 nitrogen and oxygen atoms in total. The van der Waals surface area contributed by atoms with Crippen LogP contribution in [0.2, 0.25) is 0 Å². The van der Waals surface area contributed by atoms with Crippen LogP contribution in [-0.4, -0.2) is 43.3 Å². The first kappa shape index (κ1) is 16.5. The van der Waals surface area contributed by atoms with Gasteiger partial charge in [-0.2, -0.15) is 0 Å². The van der Waals surface area contributed by atoms with Crippen molar-refractivity contribution in [1.82, 2.24) is 15.6 Å². The molecule has 0 bridgehead atoms. The predicted molar refractivity (Wildman–Crippen MR) is 75.6 cm³/mol. The number of amides is 2. The van der Waals surface area contributed by atoms with Crippen molar-refractivity contribution in [2.75, 3.05) is 20.3 Å². The van der Waals surface area contributed by atoms with Gasteiger partial charge in [0, 0.05) is 19.4 Å². The fourth-order valence-corrected chi connectivity index (χ4v) is 1.41. The normalized spacial score (nSPS) is 10.8. The third-order valence-corrected chi connectivity index (χ3v) is 2.36. The molecule has 0 saturated carbocycles. The predicted octanol–water partition coefficient (Wildman–Crippen LogP) is -0.199. The highest BCUT2D eigenvalue weighted by Gasteiger charge is 2.10. The van der Waals surface area contributed by atoms with Gasteiger partial charge >= 0.3 is 0 Å². The largest absolute Gasteiger partial charge is 0.384 e. The van der Waals surface area contributed by atoms with E-state index in [0.717, 1.165) is 0 Å². The van der Waals surface area contributed by atoms with Crippen molar-refractivity contribution in [3.05, 3.63) is 36.2 Å². The van der Waals surface area contributed by atoms with Crippen LogP contribution in [0.3, 0.4) is 0 Å². The number of aromatic nitrogens is 1. The van der Waals surface area contributed by atoms with Crippen LogP contribution in [0, 0.1) is 0 Å². The van der Waals surface area contributed by atoms with Crippen LogP contribution in [0.1, 0.15) is 12.1 Å². The Morgan fingerprint density at radius 3 is 2.86 bits per heavy atom. The van der Waals surface area contributed by atoms with Gasteiger partial charge in [0.1, 0.15) is 0 Å². The Labute approximate surface area is 122 Å². The molecule has 1 heterocycles. The number of ether oxygens (including phenoxy) is 1. The number of rotatable bonds is 8. The van der Waals surface area contributed by atoms with Gasteiger partial charge in [-0.15, -0.1) is 0 Å². The second kappa shape index (κ2) is 9.38. The van der Waals surface area contributed by atoms with Crippen molar-refractivity contribution in [3.63, 3.8) is 0 Å². The van der Waals surface area contributed by atoms with E-state index < -0.39 is 5.91 Å². The van der Waals surface area contributed by atoms with Crippen LogP contribution < -0.4 is 10.6 Å². The summed E-state index contributed by atoms with van der Waals surface area (Å²) in [7, 11) is 1.49. The molecule has 1 radical (unpaired) electrons. The molecule has 1 rings (SSSR count). The summed E-state index contributed by atoms with van der Waals surface area (Å²) in [5, 5.41) is 4.90. The van der Waals surface area contributed by atoms with Gasteiger partial charge in [0.25, 0.3) is 0 Å². The lowest BCUT2D eigenvalue weighted by atomic mass is 10.2. The molecule has 111 valence electrons. The smallest absolute Gasteiger partial charge is 0.246 e. The minimum atomic E-state index is -0.522. The van der Waals surface area contributed by atoms with Crippen LogP contribution >= 0.6 is 0 Å². The lowest BCUT2D eigenvalue weighted by Crippen LogP contribution is -2.27. The van der Waals surface area contributed by atoms with E-state index >= 15 is 0 Å². The maximum Gasteiger partial charge on any atom is 0.246 e. The molecule has 0 aromatic carbocycles. The second-order valence-corrected chi connectivity index (χ2v) is 3.93. The fourth-order valence-electron chi connectivity index (χ4n) is 1.41. The average molecular weight is 290 g/mol. The summed E-state index contributed by atoms with van der Waals surface area (Å²) in [6.45, 7) is 0.0517. The van der Waals surface area contributed by atoms with Crippen LogP contribution in [0.15, 0.2) is 30.5 Å². The van der Waals surface area contributed by atoms with Crippen molar-refractivity contribution in [1.29, 1.82) is 0 Å². The molecule has 2 amide bonds. The van der Waals surface area contributed by atoms with E-state index in [-0.39, 0.29) is 31.2 Å². The number of pyridine rings is 1. The van der Waals surface area contributed by atoms with Crippen molar-refractivity contribution < 1.29 is 19.1 Å². The third kappa shape index (κ3) is 6.44. The number of hydrogen-bond donors (Lipinski definition) is 2. The first-order valence-electron chi connectivity index (χ1n) is 6.22. The van der Waals surface area contributed by atoms with E-state index in [4.69, 9.17) is 4.74 Å². The standard InChI is InChI=1S/C14H16N3O4/c1-21-9-5-13(19)17-12(10-14(20)16-7-8-18)11-4-2-3-6-15-11/h2-4,6,10H,5,7,9H2,1H3,(H,16,20)(H,17,19). The van der Waals surface area contributed by atoms with E-state index in [1.54, 1.807) is 30.7 Å². The first-order valence-corrected chi connectivity index (χ1v) is 6.22. The summed E-state index contributed by atoms with van der Waals surface area (Å²) in [6.07, 6.45) is 4.42. The van der Waals surface area contributed by atoms with Crippen LogP contribution in [0.5, 0.6) is 0 Å². The lowest BCUT2D eigenvalue weighted by Gasteiger charge is -2.09. The molecule has 0 aliphatic heterocycles. The van der Waals surface area contributed by atoms with Gasteiger partial charge < -0.3 is 15.4 Å². The summed E-state index contributed by atoms with van der Waals surface area (Å²) in [4.78, 5) is 37.5. The Kier molecular flexibility index (Phi) is 7.37. The third-order valence-electron chi connectivity index (χ3n) is 2.36. The highest BCUT2D eigenvalue weighted by atomic mass is 16.5. The van der Waals surface area contributed by atoms with Gasteiger partial charge in [0.2, 0.25) is 18.1 Å². The second-order valence-electron chi connectivity index (χ2n) is 3.93. The zero-order valence-corrected chi connectivity index (χ0v) is 11.6. The molecular weight excluding hydrogens is 274 g/mol. The molecule has 1 aromatic heterocycles. The Hall–Kier alpha value is -2.54. The Bertz CT molecular complexity index is 514. The van der Waals surface area contributed by atoms with E-state index in [0.29, 0.717) is 5.69 Å². The minimum Gasteiger partial charge on any atom is -0.384 e. The van der Waals surface area contributed by atoms with E-state index in [2.05, 4.69) is 15.6 Å². The quantitative estimate of drug-likeness (QED) is 0.646. The van der Waals surface area contributed by atoms with Crippen LogP contribution in [-0.2, 0) is 19.1 Å². The SMILES string of the molecule is COCCC(=O)NC(=CC(=O)NC[C]=O)c1ccccn1. The zero-order chi connectivity index (χ0) is 15.5. The Morgan fingerprint density at radius 1 is 1.43 bits per heavy atom. The molecule has 2 N–H and O–H groups in total. The number of nitrogens with one attached hydrogen (secondary N) is 2. The van der Waals surface area contributed by atoms with Gasteiger partial charge in [-0.25, -0.2) is 0 Å². The van der Waals surface area contributed by atoms with Gasteiger partial charge in [-0.05, 0) is 12.1 Å². The Balaban J connectivity index is 2.85. The molecule has 1 aromatic rings. The number of methoxy groups -OCH3 is 1. The van der Waals surface area contributed by atoms with Crippen molar-refractivity contribution in [3.8, 4) is 0 Å². The summed E-state index contributed by atoms with van der Waals surface area (Å²) < 4.78 is 4.82. The summed E-state index contributed by atoms with van der Waals surface area (Å²) in [6, 6.07) is 5.10. The van der Waals surface area contributed by atoms with E-state index in [1.165, 1.54) is 13.2 Å². The van der Waals surface area contributed by atoms with Gasteiger partial charge in [0.05, 0.1) is 31.0 Å². The monoisotopic (exact) mass is 290 g/mol. The lowest BCUT2D eigenvalue weighted by molar-refractivity contribution is -0.120. The number of hydrogen-bond acceptors (Lipinski definition) is 5. The maximum atomic E-state index is 11.7. The fraction of sp³-hybridized carbons (Fsp3) is 0.286. The molecule has 21 heavy (non-hydrogen) atoms. The topological polar surface area (TPSA) is 97.4 Å². The van der Waals surface area contributed by atoms with Crippen molar-refractivity contribution in [2.24, 2.45) is 0 Å². The Morgan fingerprint density at radius 2 is 2.24 bits per heavy atom. The highest BCUT2D eigenvalue weighted by Crippen LogP contribution is 2.07. The number of nitrogens with zero attached hydrogens (tertiary/aromatic N) is 1. The molecular formula is C14H16N3O4. The van der Waals surface area contributed by atoms with Crippen LogP contribution in [0.4, 0.5) is 0 Å². The average Bonchev–Trinajstić information content (AvgIpc) is 2.51. The summed E-state index contributed by atoms with van der Waals surface area (Å²) >= 11 is 0. The minimum absolute atomic E-state index is 0.157. The summed E-state index contributed by atoms with van der Waals surface area (Å²) in [5.41, 5.74) is 0.689. The number of carbonyl (C=O) groups is 2. The van der Waals surface area contributed by atoms with Crippen molar-refractivity contribution in [2.45, 2.75) is 6.42 Å². The zero-order valence-electron chi connectivity index (χ0n) is 11.6. The molecule has 0 fully saturated rings. The molecule has 0 atom stereocenters. The van der Waals surface area contributed by atoms with Gasteiger partial charge in [-0.3, -0.25) is 19.4 Å². The van der Waals surface area contributed by atoms with Crippen LogP contribution in [0.25, 0.3) is 5.70 Å². The van der Waals surface area contributed by atoms with E-state index in [1.807, 2.05) is 0 Å². The first-order chi connectivity index (χ1) is 10.2. The molecule has 7 heteroatoms. The van der Waals surface area contributed by atoms with Crippen molar-refractivity contribution >= 4 is 23.8 Å². The molecule has 0 saturated heterocycles. The number of carbonyl (C=O) groups excluding carboxylic acids is 3. The molecule has 0 unspecified atom stereocenters. The van der Waals surface area contributed by atoms with Gasteiger partial charge in [0.15, 0.2) is 0 Å². The molecule has 0 spiro atoms. The molecule has 0 aliphatic carbocycles. The maximum absolute atomic E-state index is 11.7.